The van der Waals surface area contributed by atoms with Crippen molar-refractivity contribution < 1.29 is 9.53 Å². The lowest BCUT2D eigenvalue weighted by molar-refractivity contribution is 0.0518. The second-order valence-corrected chi connectivity index (χ2v) is 5.19. The quantitative estimate of drug-likeness (QED) is 0.742. The summed E-state index contributed by atoms with van der Waals surface area (Å²) in [5.74, 6) is 0.343. The van der Waals surface area contributed by atoms with E-state index >= 15 is 0 Å². The summed E-state index contributed by atoms with van der Waals surface area (Å²) in [4.78, 5) is 11.9. The van der Waals surface area contributed by atoms with Crippen LogP contribution in [0.4, 0.5) is 0 Å². The molecule has 0 atom stereocenters. The predicted octanol–water partition coefficient (Wildman–Crippen LogP) is 2.60. The Morgan fingerprint density at radius 3 is 2.74 bits per heavy atom. The highest BCUT2D eigenvalue weighted by Crippen LogP contribution is 2.26. The largest absolute Gasteiger partial charge is 0.461 e. The van der Waals surface area contributed by atoms with Crippen molar-refractivity contribution in [3.05, 3.63) is 11.4 Å². The molecule has 1 heterocycles. The Bertz CT molecular complexity index is 422. The molecule has 1 fully saturated rings. The van der Waals surface area contributed by atoms with E-state index in [-0.39, 0.29) is 5.97 Å². The Labute approximate surface area is 114 Å². The third-order valence-electron chi connectivity index (χ3n) is 3.70. The van der Waals surface area contributed by atoms with Crippen LogP contribution >= 0.6 is 0 Å². The van der Waals surface area contributed by atoms with E-state index in [9.17, 15) is 4.79 Å². The van der Waals surface area contributed by atoms with Gasteiger partial charge in [-0.25, -0.2) is 9.48 Å². The van der Waals surface area contributed by atoms with Crippen LogP contribution in [-0.4, -0.2) is 27.6 Å². The van der Waals surface area contributed by atoms with Gasteiger partial charge in [-0.05, 0) is 32.1 Å². The number of hydrogen-bond acceptors (Lipinski definition) is 4. The van der Waals surface area contributed by atoms with Crippen LogP contribution in [0, 0.1) is 5.92 Å². The SMILES string of the molecule is CCCc1c(C(=O)OCC)nnn1CC1CCCC1. The minimum atomic E-state index is -0.344. The smallest absolute Gasteiger partial charge is 0.360 e. The fourth-order valence-corrected chi connectivity index (χ4v) is 2.76. The Kier molecular flexibility index (Phi) is 4.93. The molecule has 0 spiro atoms. The number of rotatable bonds is 6. The molecular formula is C14H23N3O2. The van der Waals surface area contributed by atoms with Crippen LogP contribution < -0.4 is 0 Å². The molecular weight excluding hydrogens is 242 g/mol. The van der Waals surface area contributed by atoms with Gasteiger partial charge in [-0.1, -0.05) is 31.4 Å². The Morgan fingerprint density at radius 1 is 1.37 bits per heavy atom. The fraction of sp³-hybridized carbons (Fsp3) is 0.786. The third-order valence-corrected chi connectivity index (χ3v) is 3.70. The van der Waals surface area contributed by atoms with Crippen LogP contribution in [0.5, 0.6) is 0 Å². The van der Waals surface area contributed by atoms with Crippen LogP contribution in [0.1, 0.15) is 62.1 Å². The van der Waals surface area contributed by atoms with Gasteiger partial charge in [0, 0.05) is 6.54 Å². The van der Waals surface area contributed by atoms with Gasteiger partial charge in [0.25, 0.3) is 0 Å². The normalized spacial score (nSPS) is 15.9. The van der Waals surface area contributed by atoms with Crippen molar-refractivity contribution in [1.29, 1.82) is 0 Å². The molecule has 2 rings (SSSR count). The van der Waals surface area contributed by atoms with E-state index in [4.69, 9.17) is 4.74 Å². The molecule has 0 radical (unpaired) electrons. The van der Waals surface area contributed by atoms with E-state index in [2.05, 4.69) is 17.2 Å². The highest BCUT2D eigenvalue weighted by atomic mass is 16.5. The molecule has 0 N–H and O–H groups in total. The van der Waals surface area contributed by atoms with Crippen LogP contribution in [0.2, 0.25) is 0 Å². The van der Waals surface area contributed by atoms with E-state index in [1.807, 2.05) is 4.68 Å². The van der Waals surface area contributed by atoms with Gasteiger partial charge < -0.3 is 4.74 Å². The topological polar surface area (TPSA) is 57.0 Å². The molecule has 1 aliphatic rings. The molecule has 1 aliphatic carbocycles. The first-order valence-corrected chi connectivity index (χ1v) is 7.35. The minimum Gasteiger partial charge on any atom is -0.461 e. The lowest BCUT2D eigenvalue weighted by atomic mass is 10.1. The molecule has 106 valence electrons. The number of ether oxygens (including phenoxy) is 1. The monoisotopic (exact) mass is 265 g/mol. The van der Waals surface area contributed by atoms with Gasteiger partial charge in [0.05, 0.1) is 12.3 Å². The fourth-order valence-electron chi connectivity index (χ4n) is 2.76. The molecule has 1 saturated carbocycles. The van der Waals surface area contributed by atoms with Gasteiger partial charge in [0.1, 0.15) is 0 Å². The van der Waals surface area contributed by atoms with Gasteiger partial charge >= 0.3 is 5.97 Å². The second-order valence-electron chi connectivity index (χ2n) is 5.19. The van der Waals surface area contributed by atoms with Crippen molar-refractivity contribution in [2.75, 3.05) is 6.61 Å². The molecule has 1 aromatic rings. The number of nitrogens with zero attached hydrogens (tertiary/aromatic N) is 3. The molecule has 0 aromatic carbocycles. The molecule has 5 heteroatoms. The van der Waals surface area contributed by atoms with E-state index in [1.165, 1.54) is 25.7 Å². The molecule has 0 bridgehead atoms. The molecule has 19 heavy (non-hydrogen) atoms. The van der Waals surface area contributed by atoms with Gasteiger partial charge in [-0.2, -0.15) is 0 Å². The number of aromatic nitrogens is 3. The van der Waals surface area contributed by atoms with Gasteiger partial charge in [-0.15, -0.1) is 5.10 Å². The van der Waals surface area contributed by atoms with E-state index in [0.29, 0.717) is 18.2 Å². The Morgan fingerprint density at radius 2 is 2.11 bits per heavy atom. The van der Waals surface area contributed by atoms with Crippen molar-refractivity contribution in [2.24, 2.45) is 5.92 Å². The van der Waals surface area contributed by atoms with Crippen LogP contribution in [0.15, 0.2) is 0 Å². The van der Waals surface area contributed by atoms with Crippen molar-refractivity contribution in [3.8, 4) is 0 Å². The highest BCUT2D eigenvalue weighted by molar-refractivity contribution is 5.88. The van der Waals surface area contributed by atoms with Crippen LogP contribution in [0.25, 0.3) is 0 Å². The zero-order chi connectivity index (χ0) is 13.7. The highest BCUT2D eigenvalue weighted by Gasteiger charge is 2.23. The summed E-state index contributed by atoms with van der Waals surface area (Å²) >= 11 is 0. The summed E-state index contributed by atoms with van der Waals surface area (Å²) in [5, 5.41) is 8.20. The number of hydrogen-bond donors (Lipinski definition) is 0. The first kappa shape index (κ1) is 14.0. The minimum absolute atomic E-state index is 0.344. The zero-order valence-electron chi connectivity index (χ0n) is 11.9. The standard InChI is InChI=1S/C14H23N3O2/c1-3-7-12-13(14(18)19-4-2)15-16-17(12)10-11-8-5-6-9-11/h11H,3-10H2,1-2H3. The summed E-state index contributed by atoms with van der Waals surface area (Å²) in [6, 6.07) is 0. The molecule has 0 saturated heterocycles. The van der Waals surface area contributed by atoms with E-state index in [0.717, 1.165) is 25.1 Å². The predicted molar refractivity (Wildman–Crippen MR) is 71.9 cm³/mol. The van der Waals surface area contributed by atoms with Crippen LogP contribution in [0.3, 0.4) is 0 Å². The van der Waals surface area contributed by atoms with Crippen molar-refractivity contribution in [3.63, 3.8) is 0 Å². The zero-order valence-corrected chi connectivity index (χ0v) is 11.9. The Hall–Kier alpha value is -1.39. The molecule has 0 unspecified atom stereocenters. The third kappa shape index (κ3) is 3.33. The maximum absolute atomic E-state index is 11.9. The maximum Gasteiger partial charge on any atom is 0.360 e. The summed E-state index contributed by atoms with van der Waals surface area (Å²) < 4.78 is 6.97. The van der Waals surface area contributed by atoms with Crippen molar-refractivity contribution in [1.82, 2.24) is 15.0 Å². The summed E-state index contributed by atoms with van der Waals surface area (Å²) in [6.45, 7) is 5.17. The summed E-state index contributed by atoms with van der Waals surface area (Å²) in [5.41, 5.74) is 1.34. The number of carbonyl (C=O) groups excluding carboxylic acids is 1. The summed E-state index contributed by atoms with van der Waals surface area (Å²) in [6.07, 6.45) is 6.96. The van der Waals surface area contributed by atoms with Crippen molar-refractivity contribution >= 4 is 5.97 Å². The van der Waals surface area contributed by atoms with Crippen LogP contribution in [-0.2, 0) is 17.7 Å². The lowest BCUT2D eigenvalue weighted by Crippen LogP contribution is -2.14. The van der Waals surface area contributed by atoms with Crippen molar-refractivity contribution in [2.45, 2.75) is 58.9 Å². The molecule has 1 aromatic heterocycles. The van der Waals surface area contributed by atoms with Gasteiger partial charge in [-0.3, -0.25) is 0 Å². The number of esters is 1. The average molecular weight is 265 g/mol. The number of carbonyl (C=O) groups is 1. The van der Waals surface area contributed by atoms with E-state index < -0.39 is 0 Å². The first-order valence-electron chi connectivity index (χ1n) is 7.35. The first-order chi connectivity index (χ1) is 9.26. The molecule has 5 nitrogen and oxygen atoms in total. The maximum atomic E-state index is 11.9. The average Bonchev–Trinajstić information content (AvgIpc) is 3.02. The van der Waals surface area contributed by atoms with Gasteiger partial charge in [0.15, 0.2) is 5.69 Å². The van der Waals surface area contributed by atoms with E-state index in [1.54, 1.807) is 6.92 Å². The molecule has 0 amide bonds. The summed E-state index contributed by atoms with van der Waals surface area (Å²) in [7, 11) is 0. The second kappa shape index (κ2) is 6.68. The lowest BCUT2D eigenvalue weighted by Gasteiger charge is -2.11. The van der Waals surface area contributed by atoms with Gasteiger partial charge in [0.2, 0.25) is 0 Å². The Balaban J connectivity index is 2.15. The molecule has 0 aliphatic heterocycles.